The van der Waals surface area contributed by atoms with Gasteiger partial charge in [-0.25, -0.2) is 0 Å². The van der Waals surface area contributed by atoms with Crippen LogP contribution in [0, 0.1) is 20.8 Å². The molecule has 0 aliphatic rings. The van der Waals surface area contributed by atoms with E-state index in [-0.39, 0.29) is 5.91 Å². The summed E-state index contributed by atoms with van der Waals surface area (Å²) in [5, 5.41) is 6.22. The normalized spacial score (nSPS) is 10.3. The van der Waals surface area contributed by atoms with Crippen LogP contribution in [0.1, 0.15) is 34.0 Å². The molecule has 3 heteroatoms. The lowest BCUT2D eigenvalue weighted by atomic mass is 10.1. The van der Waals surface area contributed by atoms with E-state index >= 15 is 0 Å². The van der Waals surface area contributed by atoms with E-state index in [2.05, 4.69) is 23.6 Å². The highest BCUT2D eigenvalue weighted by atomic mass is 16.1. The highest BCUT2D eigenvalue weighted by Gasteiger charge is 2.10. The third-order valence-corrected chi connectivity index (χ3v) is 3.33. The molecular weight excluding hydrogens is 260 g/mol. The number of rotatable bonds is 4. The Hall–Kier alpha value is -2.29. The zero-order valence-corrected chi connectivity index (χ0v) is 13.1. The van der Waals surface area contributed by atoms with Gasteiger partial charge in [-0.3, -0.25) is 4.79 Å². The lowest BCUT2D eigenvalue weighted by Crippen LogP contribution is -2.14. The molecule has 2 aromatic rings. The number of amides is 1. The fraction of sp³-hybridized carbons (Fsp3) is 0.278. The summed E-state index contributed by atoms with van der Waals surface area (Å²) < 4.78 is 0. The molecule has 0 unspecified atom stereocenters. The molecule has 0 saturated heterocycles. The Morgan fingerprint density at radius 3 is 2.19 bits per heavy atom. The average molecular weight is 282 g/mol. The Balaban J connectivity index is 2.20. The van der Waals surface area contributed by atoms with Crippen LogP contribution in [0.15, 0.2) is 36.4 Å². The van der Waals surface area contributed by atoms with Crippen molar-refractivity contribution in [1.82, 2.24) is 0 Å². The molecular formula is C18H22N2O. The van der Waals surface area contributed by atoms with E-state index in [0.29, 0.717) is 5.56 Å². The summed E-state index contributed by atoms with van der Waals surface area (Å²) in [6.07, 6.45) is 0. The number of hydrogen-bond acceptors (Lipinski definition) is 2. The molecule has 0 aliphatic carbocycles. The minimum Gasteiger partial charge on any atom is -0.385 e. The second kappa shape index (κ2) is 6.44. The summed E-state index contributed by atoms with van der Waals surface area (Å²) in [6.45, 7) is 8.93. The van der Waals surface area contributed by atoms with Gasteiger partial charge < -0.3 is 10.6 Å². The number of carbonyl (C=O) groups is 1. The van der Waals surface area contributed by atoms with Gasteiger partial charge in [-0.05, 0) is 74.7 Å². The van der Waals surface area contributed by atoms with Gasteiger partial charge in [0.05, 0.1) is 0 Å². The van der Waals surface area contributed by atoms with Gasteiger partial charge in [0.25, 0.3) is 5.91 Å². The van der Waals surface area contributed by atoms with E-state index in [1.54, 1.807) is 0 Å². The molecule has 110 valence electrons. The molecule has 0 saturated carbocycles. The zero-order valence-electron chi connectivity index (χ0n) is 13.1. The number of nitrogens with one attached hydrogen (secondary N) is 2. The summed E-state index contributed by atoms with van der Waals surface area (Å²) in [5.74, 6) is -0.0689. The van der Waals surface area contributed by atoms with Crippen LogP contribution < -0.4 is 10.6 Å². The summed E-state index contributed by atoms with van der Waals surface area (Å²) >= 11 is 0. The summed E-state index contributed by atoms with van der Waals surface area (Å²) in [7, 11) is 0. The summed E-state index contributed by atoms with van der Waals surface area (Å²) in [6, 6.07) is 11.9. The molecule has 1 amide bonds. The van der Waals surface area contributed by atoms with E-state index in [4.69, 9.17) is 0 Å². The fourth-order valence-electron chi connectivity index (χ4n) is 2.48. The number of benzene rings is 2. The molecule has 0 atom stereocenters. The largest absolute Gasteiger partial charge is 0.385 e. The van der Waals surface area contributed by atoms with Crippen molar-refractivity contribution in [2.45, 2.75) is 27.7 Å². The van der Waals surface area contributed by atoms with Crippen LogP contribution in [0.4, 0.5) is 11.4 Å². The standard InChI is InChI=1S/C18H22N2O/c1-5-19-15-6-7-17(14(4)11-15)18(21)20-16-9-12(2)8-13(3)10-16/h6-11,19H,5H2,1-4H3,(H,20,21). The van der Waals surface area contributed by atoms with Crippen LogP contribution in [-0.2, 0) is 0 Å². The average Bonchev–Trinajstić information content (AvgIpc) is 2.37. The quantitative estimate of drug-likeness (QED) is 0.878. The second-order valence-corrected chi connectivity index (χ2v) is 5.39. The molecule has 0 radical (unpaired) electrons. The van der Waals surface area contributed by atoms with Crippen LogP contribution in [0.2, 0.25) is 0 Å². The third kappa shape index (κ3) is 3.85. The van der Waals surface area contributed by atoms with Crippen molar-refractivity contribution in [1.29, 1.82) is 0 Å². The third-order valence-electron chi connectivity index (χ3n) is 3.33. The summed E-state index contributed by atoms with van der Waals surface area (Å²) in [4.78, 5) is 12.4. The van der Waals surface area contributed by atoms with Gasteiger partial charge in [-0.1, -0.05) is 6.07 Å². The first kappa shape index (κ1) is 15.1. The first-order chi connectivity index (χ1) is 9.99. The summed E-state index contributed by atoms with van der Waals surface area (Å²) in [5.41, 5.74) is 5.84. The van der Waals surface area contributed by atoms with Gasteiger partial charge in [0.1, 0.15) is 0 Å². The molecule has 0 heterocycles. The maximum atomic E-state index is 12.4. The SMILES string of the molecule is CCNc1ccc(C(=O)Nc2cc(C)cc(C)c2)c(C)c1. The van der Waals surface area contributed by atoms with E-state index < -0.39 is 0 Å². The molecule has 2 aromatic carbocycles. The minimum absolute atomic E-state index is 0.0689. The first-order valence-corrected chi connectivity index (χ1v) is 7.23. The van der Waals surface area contributed by atoms with Crippen molar-refractivity contribution in [3.8, 4) is 0 Å². The second-order valence-electron chi connectivity index (χ2n) is 5.39. The smallest absolute Gasteiger partial charge is 0.255 e. The van der Waals surface area contributed by atoms with Gasteiger partial charge >= 0.3 is 0 Å². The van der Waals surface area contributed by atoms with Crippen molar-refractivity contribution >= 4 is 17.3 Å². The van der Waals surface area contributed by atoms with Crippen molar-refractivity contribution < 1.29 is 4.79 Å². The van der Waals surface area contributed by atoms with Crippen molar-refractivity contribution in [3.63, 3.8) is 0 Å². The molecule has 2 rings (SSSR count). The lowest BCUT2D eigenvalue weighted by molar-refractivity contribution is 0.102. The zero-order chi connectivity index (χ0) is 15.4. The van der Waals surface area contributed by atoms with Crippen molar-refractivity contribution in [2.24, 2.45) is 0 Å². The van der Waals surface area contributed by atoms with Crippen LogP contribution in [-0.4, -0.2) is 12.5 Å². The molecule has 0 spiro atoms. The lowest BCUT2D eigenvalue weighted by Gasteiger charge is -2.11. The topological polar surface area (TPSA) is 41.1 Å². The molecule has 0 aromatic heterocycles. The van der Waals surface area contributed by atoms with Crippen LogP contribution >= 0.6 is 0 Å². The molecule has 0 fully saturated rings. The Morgan fingerprint density at radius 2 is 1.62 bits per heavy atom. The maximum Gasteiger partial charge on any atom is 0.255 e. The van der Waals surface area contributed by atoms with E-state index in [0.717, 1.165) is 34.6 Å². The molecule has 21 heavy (non-hydrogen) atoms. The Morgan fingerprint density at radius 1 is 0.952 bits per heavy atom. The molecule has 3 nitrogen and oxygen atoms in total. The monoisotopic (exact) mass is 282 g/mol. The Bertz CT molecular complexity index is 642. The Labute approximate surface area is 126 Å². The number of hydrogen-bond donors (Lipinski definition) is 2. The maximum absolute atomic E-state index is 12.4. The Kier molecular flexibility index (Phi) is 4.63. The van der Waals surface area contributed by atoms with Gasteiger partial charge in [0.2, 0.25) is 0 Å². The van der Waals surface area contributed by atoms with Gasteiger partial charge in [0, 0.05) is 23.5 Å². The molecule has 2 N–H and O–H groups in total. The van der Waals surface area contributed by atoms with Crippen LogP contribution in [0.5, 0.6) is 0 Å². The minimum atomic E-state index is -0.0689. The number of aryl methyl sites for hydroxylation is 3. The molecule has 0 bridgehead atoms. The van der Waals surface area contributed by atoms with E-state index in [9.17, 15) is 4.79 Å². The van der Waals surface area contributed by atoms with Crippen molar-refractivity contribution in [2.75, 3.05) is 17.2 Å². The number of carbonyl (C=O) groups excluding carboxylic acids is 1. The van der Waals surface area contributed by atoms with Gasteiger partial charge in [-0.2, -0.15) is 0 Å². The van der Waals surface area contributed by atoms with Gasteiger partial charge in [0.15, 0.2) is 0 Å². The van der Waals surface area contributed by atoms with E-state index in [1.807, 2.05) is 51.1 Å². The number of anilines is 2. The fourth-order valence-corrected chi connectivity index (χ4v) is 2.48. The van der Waals surface area contributed by atoms with Crippen LogP contribution in [0.25, 0.3) is 0 Å². The highest BCUT2D eigenvalue weighted by molar-refractivity contribution is 6.05. The highest BCUT2D eigenvalue weighted by Crippen LogP contribution is 2.18. The van der Waals surface area contributed by atoms with Crippen molar-refractivity contribution in [3.05, 3.63) is 58.7 Å². The van der Waals surface area contributed by atoms with E-state index in [1.165, 1.54) is 0 Å². The molecule has 0 aliphatic heterocycles. The predicted molar refractivity (Wildman–Crippen MR) is 89.2 cm³/mol. The predicted octanol–water partition coefficient (Wildman–Crippen LogP) is 4.30. The van der Waals surface area contributed by atoms with Crippen LogP contribution in [0.3, 0.4) is 0 Å². The first-order valence-electron chi connectivity index (χ1n) is 7.23. The van der Waals surface area contributed by atoms with Gasteiger partial charge in [-0.15, -0.1) is 0 Å².